The van der Waals surface area contributed by atoms with Crippen LogP contribution in [0.5, 0.6) is 11.5 Å². The van der Waals surface area contributed by atoms with Gasteiger partial charge in [-0.25, -0.2) is 4.79 Å². The fourth-order valence-electron chi connectivity index (χ4n) is 1.84. The number of aromatic hydroxyl groups is 1. The molecule has 0 spiro atoms. The molecule has 1 aromatic heterocycles. The van der Waals surface area contributed by atoms with Crippen LogP contribution in [0, 0.1) is 0 Å². The van der Waals surface area contributed by atoms with Crippen molar-refractivity contribution in [3.63, 3.8) is 0 Å². The predicted molar refractivity (Wildman–Crippen MR) is 66.1 cm³/mol. The maximum atomic E-state index is 11.7. The molecule has 1 aromatic carbocycles. The van der Waals surface area contributed by atoms with Crippen LogP contribution in [0.25, 0.3) is 11.0 Å². The van der Waals surface area contributed by atoms with E-state index in [9.17, 15) is 15.0 Å². The molecule has 0 amide bonds. The van der Waals surface area contributed by atoms with Gasteiger partial charge in [0.1, 0.15) is 5.75 Å². The highest BCUT2D eigenvalue weighted by atomic mass is 16.5. The summed E-state index contributed by atoms with van der Waals surface area (Å²) in [5.74, 6) is 0.321. The number of aliphatic hydroxyl groups is 1. The summed E-state index contributed by atoms with van der Waals surface area (Å²) in [7, 11) is 1.43. The highest BCUT2D eigenvalue weighted by Crippen LogP contribution is 2.30. The van der Waals surface area contributed by atoms with E-state index in [1.165, 1.54) is 19.2 Å². The SMILES string of the molecule is COc1cc(O)cc2cc(CC(C)O)c(=O)oc12. The van der Waals surface area contributed by atoms with E-state index >= 15 is 0 Å². The molecular formula is C13H14O5. The van der Waals surface area contributed by atoms with Crippen molar-refractivity contribution in [1.29, 1.82) is 0 Å². The van der Waals surface area contributed by atoms with Gasteiger partial charge < -0.3 is 19.4 Å². The van der Waals surface area contributed by atoms with Crippen LogP contribution in [-0.4, -0.2) is 23.4 Å². The highest BCUT2D eigenvalue weighted by molar-refractivity contribution is 5.84. The number of benzene rings is 1. The average Bonchev–Trinajstić information content (AvgIpc) is 2.29. The molecule has 0 fully saturated rings. The van der Waals surface area contributed by atoms with Gasteiger partial charge in [-0.2, -0.15) is 0 Å². The number of hydrogen-bond donors (Lipinski definition) is 2. The lowest BCUT2D eigenvalue weighted by Gasteiger charge is -2.07. The number of hydrogen-bond acceptors (Lipinski definition) is 5. The molecular weight excluding hydrogens is 236 g/mol. The maximum Gasteiger partial charge on any atom is 0.339 e. The second kappa shape index (κ2) is 4.70. The number of fused-ring (bicyclic) bond motifs is 1. The van der Waals surface area contributed by atoms with Crippen molar-refractivity contribution in [3.05, 3.63) is 34.2 Å². The highest BCUT2D eigenvalue weighted by Gasteiger charge is 2.12. The summed E-state index contributed by atoms with van der Waals surface area (Å²) < 4.78 is 10.2. The Labute approximate surface area is 103 Å². The monoisotopic (exact) mass is 250 g/mol. The molecule has 0 bridgehead atoms. The van der Waals surface area contributed by atoms with Crippen LogP contribution >= 0.6 is 0 Å². The molecule has 0 saturated heterocycles. The molecule has 0 saturated carbocycles. The lowest BCUT2D eigenvalue weighted by Crippen LogP contribution is -2.14. The Morgan fingerprint density at radius 3 is 2.72 bits per heavy atom. The summed E-state index contributed by atoms with van der Waals surface area (Å²) in [5.41, 5.74) is 0.146. The molecule has 0 aliphatic carbocycles. The van der Waals surface area contributed by atoms with Gasteiger partial charge in [0.15, 0.2) is 11.3 Å². The lowest BCUT2D eigenvalue weighted by atomic mass is 10.1. The van der Waals surface area contributed by atoms with Gasteiger partial charge in [-0.1, -0.05) is 0 Å². The van der Waals surface area contributed by atoms with Crippen molar-refractivity contribution in [3.8, 4) is 11.5 Å². The van der Waals surface area contributed by atoms with E-state index in [2.05, 4.69) is 0 Å². The zero-order valence-electron chi connectivity index (χ0n) is 10.1. The van der Waals surface area contributed by atoms with Crippen LogP contribution in [0.3, 0.4) is 0 Å². The zero-order chi connectivity index (χ0) is 13.3. The summed E-state index contributed by atoms with van der Waals surface area (Å²) >= 11 is 0. The topological polar surface area (TPSA) is 79.9 Å². The first kappa shape index (κ1) is 12.4. The average molecular weight is 250 g/mol. The van der Waals surface area contributed by atoms with E-state index in [-0.39, 0.29) is 17.8 Å². The fraction of sp³-hybridized carbons (Fsp3) is 0.308. The largest absolute Gasteiger partial charge is 0.508 e. The number of aliphatic hydroxyl groups excluding tert-OH is 1. The quantitative estimate of drug-likeness (QED) is 0.805. The van der Waals surface area contributed by atoms with E-state index in [1.54, 1.807) is 13.0 Å². The van der Waals surface area contributed by atoms with E-state index < -0.39 is 11.7 Å². The minimum atomic E-state index is -0.635. The van der Waals surface area contributed by atoms with E-state index in [0.717, 1.165) is 0 Å². The molecule has 2 N–H and O–H groups in total. The Hall–Kier alpha value is -2.01. The Balaban J connectivity index is 2.67. The van der Waals surface area contributed by atoms with Gasteiger partial charge in [-0.05, 0) is 19.1 Å². The summed E-state index contributed by atoms with van der Waals surface area (Å²) in [4.78, 5) is 11.7. The van der Waals surface area contributed by atoms with Gasteiger partial charge in [0, 0.05) is 23.4 Å². The Bertz CT molecular complexity index is 627. The number of phenolic OH excluding ortho intramolecular Hbond substituents is 1. The van der Waals surface area contributed by atoms with Crippen molar-refractivity contribution >= 4 is 11.0 Å². The van der Waals surface area contributed by atoms with Crippen molar-refractivity contribution in [2.24, 2.45) is 0 Å². The number of methoxy groups -OCH3 is 1. The zero-order valence-corrected chi connectivity index (χ0v) is 10.1. The van der Waals surface area contributed by atoms with Crippen LogP contribution in [0.1, 0.15) is 12.5 Å². The van der Waals surface area contributed by atoms with Crippen LogP contribution in [0.4, 0.5) is 0 Å². The molecule has 5 nitrogen and oxygen atoms in total. The number of rotatable bonds is 3. The molecule has 2 aromatic rings. The summed E-state index contributed by atoms with van der Waals surface area (Å²) in [6.07, 6.45) is -0.430. The molecule has 0 radical (unpaired) electrons. The van der Waals surface area contributed by atoms with Crippen molar-refractivity contribution in [2.75, 3.05) is 7.11 Å². The van der Waals surface area contributed by atoms with Crippen LogP contribution in [0.15, 0.2) is 27.4 Å². The van der Waals surface area contributed by atoms with Gasteiger partial charge in [0.05, 0.1) is 13.2 Å². The minimum Gasteiger partial charge on any atom is -0.508 e. The predicted octanol–water partition coefficient (Wildman–Crippen LogP) is 1.43. The number of ether oxygens (including phenoxy) is 1. The van der Waals surface area contributed by atoms with E-state index in [1.807, 2.05) is 0 Å². The van der Waals surface area contributed by atoms with Gasteiger partial charge in [-0.3, -0.25) is 0 Å². The Morgan fingerprint density at radius 2 is 2.11 bits per heavy atom. The standard InChI is InChI=1S/C13H14O5/c1-7(14)3-9-4-8-5-10(15)6-11(17-2)12(8)18-13(9)16/h4-7,14-15H,3H2,1-2H3. The first-order valence-electron chi connectivity index (χ1n) is 5.53. The van der Waals surface area contributed by atoms with Crippen molar-refractivity contribution in [2.45, 2.75) is 19.4 Å². The van der Waals surface area contributed by atoms with Gasteiger partial charge in [0.25, 0.3) is 0 Å². The Kier molecular flexibility index (Phi) is 3.25. The second-order valence-electron chi connectivity index (χ2n) is 4.18. The Morgan fingerprint density at radius 1 is 1.39 bits per heavy atom. The molecule has 96 valence electrons. The third kappa shape index (κ3) is 2.31. The molecule has 0 aliphatic heterocycles. The molecule has 5 heteroatoms. The van der Waals surface area contributed by atoms with E-state index in [4.69, 9.17) is 9.15 Å². The maximum absolute atomic E-state index is 11.7. The van der Waals surface area contributed by atoms with E-state index in [0.29, 0.717) is 16.7 Å². The first-order chi connectivity index (χ1) is 8.51. The summed E-state index contributed by atoms with van der Waals surface area (Å²) in [6.45, 7) is 1.59. The second-order valence-corrected chi connectivity index (χ2v) is 4.18. The summed E-state index contributed by atoms with van der Waals surface area (Å²) in [6, 6.07) is 4.45. The third-order valence-electron chi connectivity index (χ3n) is 2.59. The summed E-state index contributed by atoms with van der Waals surface area (Å²) in [5, 5.41) is 19.4. The molecule has 0 aliphatic rings. The molecule has 1 unspecified atom stereocenters. The number of phenols is 1. The normalized spacial score (nSPS) is 12.6. The van der Waals surface area contributed by atoms with Crippen LogP contribution in [-0.2, 0) is 6.42 Å². The molecule has 18 heavy (non-hydrogen) atoms. The molecule has 1 heterocycles. The third-order valence-corrected chi connectivity index (χ3v) is 2.59. The molecule has 2 rings (SSSR count). The van der Waals surface area contributed by atoms with Crippen LogP contribution in [0.2, 0.25) is 0 Å². The van der Waals surface area contributed by atoms with Crippen molar-refractivity contribution in [1.82, 2.24) is 0 Å². The van der Waals surface area contributed by atoms with Gasteiger partial charge >= 0.3 is 5.63 Å². The lowest BCUT2D eigenvalue weighted by molar-refractivity contribution is 0.194. The van der Waals surface area contributed by atoms with Crippen LogP contribution < -0.4 is 10.4 Å². The van der Waals surface area contributed by atoms with Gasteiger partial charge in [0.2, 0.25) is 0 Å². The molecule has 1 atom stereocenters. The minimum absolute atomic E-state index is 0.0243. The first-order valence-corrected chi connectivity index (χ1v) is 5.53. The fourth-order valence-corrected chi connectivity index (χ4v) is 1.84. The smallest absolute Gasteiger partial charge is 0.339 e. The van der Waals surface area contributed by atoms with Crippen molar-refractivity contribution < 1.29 is 19.4 Å². The van der Waals surface area contributed by atoms with Gasteiger partial charge in [-0.15, -0.1) is 0 Å².